The van der Waals surface area contributed by atoms with E-state index in [0.29, 0.717) is 6.04 Å². The van der Waals surface area contributed by atoms with Gasteiger partial charge in [-0.2, -0.15) is 0 Å². The molecule has 1 aromatic rings. The molecule has 2 nitrogen and oxygen atoms in total. The third kappa shape index (κ3) is 2.38. The summed E-state index contributed by atoms with van der Waals surface area (Å²) in [5.41, 5.74) is 1.62. The number of nitrogens with one attached hydrogen (secondary N) is 1. The molecule has 0 amide bonds. The molecule has 1 N–H and O–H groups in total. The van der Waals surface area contributed by atoms with Gasteiger partial charge in [0.2, 0.25) is 0 Å². The zero-order valence-corrected chi connectivity index (χ0v) is 10.3. The molecule has 0 aromatic heterocycles. The highest BCUT2D eigenvalue weighted by atomic mass is 16.5. The van der Waals surface area contributed by atoms with E-state index < -0.39 is 0 Å². The summed E-state index contributed by atoms with van der Waals surface area (Å²) in [6.45, 7) is 1.71. The molecule has 2 aliphatic rings. The van der Waals surface area contributed by atoms with Crippen LogP contribution in [-0.4, -0.2) is 18.8 Å². The monoisotopic (exact) mass is 231 g/mol. The lowest BCUT2D eigenvalue weighted by Crippen LogP contribution is -2.56. The molecule has 1 heterocycles. The molecule has 1 aromatic carbocycles. The molecule has 0 bridgehead atoms. The highest BCUT2D eigenvalue weighted by Crippen LogP contribution is 2.33. The van der Waals surface area contributed by atoms with Crippen LogP contribution in [0.1, 0.15) is 43.7 Å². The molecule has 1 spiro atoms. The second-order valence-electron chi connectivity index (χ2n) is 5.46. The standard InChI is InChI=1S/C15H21NO/c1-3-7-13(8-4-1)14-11-17-12-15(16-14)9-5-2-6-10-15/h1,3-4,7-8,14,16H,2,5-6,9-12H2/t14-/m1/s1. The number of morpholine rings is 1. The highest BCUT2D eigenvalue weighted by molar-refractivity contribution is 5.20. The molecule has 2 heteroatoms. The first kappa shape index (κ1) is 11.2. The fraction of sp³-hybridized carbons (Fsp3) is 0.600. The van der Waals surface area contributed by atoms with Crippen molar-refractivity contribution >= 4 is 0 Å². The van der Waals surface area contributed by atoms with Crippen LogP contribution in [-0.2, 0) is 4.74 Å². The number of hydrogen-bond donors (Lipinski definition) is 1. The van der Waals surface area contributed by atoms with E-state index in [9.17, 15) is 0 Å². The van der Waals surface area contributed by atoms with Gasteiger partial charge in [0.05, 0.1) is 19.3 Å². The molecule has 92 valence electrons. The number of ether oxygens (including phenoxy) is 1. The van der Waals surface area contributed by atoms with E-state index in [4.69, 9.17) is 4.74 Å². The average Bonchev–Trinajstić information content (AvgIpc) is 2.41. The Kier molecular flexibility index (Phi) is 3.17. The zero-order chi connectivity index (χ0) is 11.6. The molecule has 3 rings (SSSR count). The third-order valence-corrected chi connectivity index (χ3v) is 4.16. The summed E-state index contributed by atoms with van der Waals surface area (Å²) < 4.78 is 5.87. The largest absolute Gasteiger partial charge is 0.378 e. The van der Waals surface area contributed by atoms with Crippen LogP contribution in [0, 0.1) is 0 Å². The molecule has 1 atom stereocenters. The van der Waals surface area contributed by atoms with Gasteiger partial charge in [0.25, 0.3) is 0 Å². The van der Waals surface area contributed by atoms with Crippen LogP contribution in [0.4, 0.5) is 0 Å². The number of benzene rings is 1. The van der Waals surface area contributed by atoms with E-state index in [1.807, 2.05) is 0 Å². The van der Waals surface area contributed by atoms with E-state index in [1.54, 1.807) is 0 Å². The predicted molar refractivity (Wildman–Crippen MR) is 69.0 cm³/mol. The van der Waals surface area contributed by atoms with Crippen LogP contribution in [0.15, 0.2) is 30.3 Å². The number of rotatable bonds is 1. The molecule has 0 unspecified atom stereocenters. The smallest absolute Gasteiger partial charge is 0.0662 e. The van der Waals surface area contributed by atoms with Crippen molar-refractivity contribution < 1.29 is 4.74 Å². The van der Waals surface area contributed by atoms with Gasteiger partial charge >= 0.3 is 0 Å². The summed E-state index contributed by atoms with van der Waals surface area (Å²) in [5, 5.41) is 3.86. The lowest BCUT2D eigenvalue weighted by Gasteiger charge is -2.44. The summed E-state index contributed by atoms with van der Waals surface area (Å²) in [6, 6.07) is 11.1. The van der Waals surface area contributed by atoms with Gasteiger partial charge in [0.15, 0.2) is 0 Å². The Labute approximate surface area is 103 Å². The van der Waals surface area contributed by atoms with Crippen molar-refractivity contribution in [2.24, 2.45) is 0 Å². The van der Waals surface area contributed by atoms with Crippen LogP contribution in [0.25, 0.3) is 0 Å². The molecule has 17 heavy (non-hydrogen) atoms. The van der Waals surface area contributed by atoms with Crippen LogP contribution in [0.2, 0.25) is 0 Å². The molecule has 1 saturated heterocycles. The molecule has 0 radical (unpaired) electrons. The van der Waals surface area contributed by atoms with Crippen LogP contribution in [0.5, 0.6) is 0 Å². The second-order valence-corrected chi connectivity index (χ2v) is 5.46. The normalized spacial score (nSPS) is 28.1. The van der Waals surface area contributed by atoms with Gasteiger partial charge in [-0.1, -0.05) is 49.6 Å². The first-order valence-corrected chi connectivity index (χ1v) is 6.78. The van der Waals surface area contributed by atoms with E-state index in [-0.39, 0.29) is 5.54 Å². The summed E-state index contributed by atoms with van der Waals surface area (Å²) in [6.07, 6.45) is 6.63. The maximum atomic E-state index is 5.87. The maximum absolute atomic E-state index is 5.87. The van der Waals surface area contributed by atoms with Gasteiger partial charge < -0.3 is 10.1 Å². The summed E-state index contributed by atoms with van der Waals surface area (Å²) in [4.78, 5) is 0. The fourth-order valence-electron chi connectivity index (χ4n) is 3.21. The predicted octanol–water partition coefficient (Wildman–Crippen LogP) is 3.05. The lowest BCUT2D eigenvalue weighted by molar-refractivity contribution is -0.0182. The van der Waals surface area contributed by atoms with Crippen molar-refractivity contribution in [1.29, 1.82) is 0 Å². The average molecular weight is 231 g/mol. The second kappa shape index (κ2) is 4.79. The van der Waals surface area contributed by atoms with Crippen molar-refractivity contribution in [3.8, 4) is 0 Å². The highest BCUT2D eigenvalue weighted by Gasteiger charge is 2.37. The Morgan fingerprint density at radius 1 is 1.06 bits per heavy atom. The third-order valence-electron chi connectivity index (χ3n) is 4.16. The molecule has 2 fully saturated rings. The van der Waals surface area contributed by atoms with Crippen molar-refractivity contribution in [2.45, 2.75) is 43.7 Å². The Morgan fingerprint density at radius 2 is 1.82 bits per heavy atom. The van der Waals surface area contributed by atoms with E-state index in [1.165, 1.54) is 37.7 Å². The maximum Gasteiger partial charge on any atom is 0.0662 e. The van der Waals surface area contributed by atoms with Gasteiger partial charge in [-0.05, 0) is 18.4 Å². The van der Waals surface area contributed by atoms with Crippen LogP contribution < -0.4 is 5.32 Å². The Hall–Kier alpha value is -0.860. The van der Waals surface area contributed by atoms with Gasteiger partial charge in [-0.3, -0.25) is 0 Å². The Balaban J connectivity index is 1.75. The first-order valence-electron chi connectivity index (χ1n) is 6.78. The van der Waals surface area contributed by atoms with Crippen molar-refractivity contribution in [2.75, 3.05) is 13.2 Å². The van der Waals surface area contributed by atoms with Crippen molar-refractivity contribution in [1.82, 2.24) is 5.32 Å². The molecule has 1 saturated carbocycles. The van der Waals surface area contributed by atoms with Gasteiger partial charge in [-0.25, -0.2) is 0 Å². The van der Waals surface area contributed by atoms with Gasteiger partial charge in [0, 0.05) is 5.54 Å². The minimum absolute atomic E-state index is 0.261. The quantitative estimate of drug-likeness (QED) is 0.802. The fourth-order valence-corrected chi connectivity index (χ4v) is 3.21. The summed E-state index contributed by atoms with van der Waals surface area (Å²) in [5.74, 6) is 0. The minimum atomic E-state index is 0.261. The first-order chi connectivity index (χ1) is 8.38. The summed E-state index contributed by atoms with van der Waals surface area (Å²) >= 11 is 0. The molecule has 1 aliphatic carbocycles. The summed E-state index contributed by atoms with van der Waals surface area (Å²) in [7, 11) is 0. The Morgan fingerprint density at radius 3 is 2.59 bits per heavy atom. The van der Waals surface area contributed by atoms with Crippen molar-refractivity contribution in [3.05, 3.63) is 35.9 Å². The SMILES string of the molecule is c1ccc([C@H]2COCC3(CCCCC3)N2)cc1. The molecule has 1 aliphatic heterocycles. The van der Waals surface area contributed by atoms with E-state index in [0.717, 1.165) is 13.2 Å². The van der Waals surface area contributed by atoms with Crippen LogP contribution >= 0.6 is 0 Å². The van der Waals surface area contributed by atoms with E-state index in [2.05, 4.69) is 35.6 Å². The lowest BCUT2D eigenvalue weighted by atomic mass is 9.80. The van der Waals surface area contributed by atoms with Gasteiger partial charge in [0.1, 0.15) is 0 Å². The van der Waals surface area contributed by atoms with Crippen LogP contribution in [0.3, 0.4) is 0 Å². The Bertz CT molecular complexity index is 351. The number of hydrogen-bond acceptors (Lipinski definition) is 2. The van der Waals surface area contributed by atoms with E-state index >= 15 is 0 Å². The zero-order valence-electron chi connectivity index (χ0n) is 10.3. The van der Waals surface area contributed by atoms with Gasteiger partial charge in [-0.15, -0.1) is 0 Å². The minimum Gasteiger partial charge on any atom is -0.378 e. The molecular formula is C15H21NO. The topological polar surface area (TPSA) is 21.3 Å². The molecular weight excluding hydrogens is 210 g/mol. The van der Waals surface area contributed by atoms with Crippen molar-refractivity contribution in [3.63, 3.8) is 0 Å².